The van der Waals surface area contributed by atoms with Crippen molar-refractivity contribution >= 4 is 10.9 Å². The van der Waals surface area contributed by atoms with Crippen molar-refractivity contribution in [2.24, 2.45) is 11.1 Å². The van der Waals surface area contributed by atoms with Crippen LogP contribution in [0.15, 0.2) is 30.5 Å². The van der Waals surface area contributed by atoms with Gasteiger partial charge in [0.15, 0.2) is 0 Å². The molecule has 1 aromatic carbocycles. The van der Waals surface area contributed by atoms with Crippen LogP contribution in [0.3, 0.4) is 0 Å². The summed E-state index contributed by atoms with van der Waals surface area (Å²) in [5, 5.41) is 1.24. The molecule has 0 aliphatic heterocycles. The van der Waals surface area contributed by atoms with Gasteiger partial charge in [-0.15, -0.1) is 0 Å². The summed E-state index contributed by atoms with van der Waals surface area (Å²) in [4.78, 5) is 0. The highest BCUT2D eigenvalue weighted by molar-refractivity contribution is 5.81. The van der Waals surface area contributed by atoms with Crippen molar-refractivity contribution in [3.05, 3.63) is 30.5 Å². The van der Waals surface area contributed by atoms with Gasteiger partial charge in [0.1, 0.15) is 5.75 Å². The first-order valence-corrected chi connectivity index (χ1v) is 7.39. The second-order valence-corrected chi connectivity index (χ2v) is 6.26. The third kappa shape index (κ3) is 3.54. The molecule has 2 rings (SSSR count). The van der Waals surface area contributed by atoms with E-state index in [1.54, 1.807) is 7.11 Å². The first-order chi connectivity index (χ1) is 9.55. The molecular weight excluding hydrogens is 248 g/mol. The van der Waals surface area contributed by atoms with Crippen molar-refractivity contribution in [2.45, 2.75) is 39.7 Å². The van der Waals surface area contributed by atoms with Crippen molar-refractivity contribution < 1.29 is 4.74 Å². The topological polar surface area (TPSA) is 40.2 Å². The molecule has 0 aliphatic rings. The maximum Gasteiger partial charge on any atom is 0.119 e. The Labute approximate surface area is 121 Å². The molecule has 0 spiro atoms. The fraction of sp³-hybridized carbons (Fsp3) is 0.529. The van der Waals surface area contributed by atoms with E-state index in [0.29, 0.717) is 0 Å². The van der Waals surface area contributed by atoms with E-state index in [-0.39, 0.29) is 5.41 Å². The maximum absolute atomic E-state index is 5.77. The van der Waals surface area contributed by atoms with E-state index in [0.717, 1.165) is 18.8 Å². The van der Waals surface area contributed by atoms with Crippen LogP contribution in [0.4, 0.5) is 0 Å². The number of hydrogen-bond donors (Lipinski definition) is 1. The van der Waals surface area contributed by atoms with Gasteiger partial charge in [-0.2, -0.15) is 0 Å². The Morgan fingerprint density at radius 3 is 2.70 bits per heavy atom. The number of methoxy groups -OCH3 is 1. The fourth-order valence-corrected chi connectivity index (χ4v) is 2.49. The molecule has 3 nitrogen and oxygen atoms in total. The lowest BCUT2D eigenvalue weighted by Crippen LogP contribution is -2.23. The van der Waals surface area contributed by atoms with Gasteiger partial charge in [0, 0.05) is 23.6 Å². The van der Waals surface area contributed by atoms with Crippen molar-refractivity contribution in [1.29, 1.82) is 0 Å². The number of benzene rings is 1. The molecule has 2 aromatic rings. The van der Waals surface area contributed by atoms with E-state index < -0.39 is 0 Å². The summed E-state index contributed by atoms with van der Waals surface area (Å²) in [5.74, 6) is 0.917. The van der Waals surface area contributed by atoms with E-state index >= 15 is 0 Å². The smallest absolute Gasteiger partial charge is 0.119 e. The van der Waals surface area contributed by atoms with Gasteiger partial charge in [-0.3, -0.25) is 0 Å². The molecule has 2 N–H and O–H groups in total. The average Bonchev–Trinajstić information content (AvgIpc) is 2.86. The molecule has 0 atom stereocenters. The summed E-state index contributed by atoms with van der Waals surface area (Å²) in [6, 6.07) is 8.40. The Morgan fingerprint density at radius 1 is 1.20 bits per heavy atom. The molecular formula is C17H26N2O. The van der Waals surface area contributed by atoms with E-state index in [9.17, 15) is 0 Å². The minimum atomic E-state index is 0.270. The van der Waals surface area contributed by atoms with Gasteiger partial charge >= 0.3 is 0 Å². The van der Waals surface area contributed by atoms with Crippen LogP contribution in [-0.2, 0) is 6.54 Å². The zero-order valence-electron chi connectivity index (χ0n) is 12.9. The number of aromatic nitrogens is 1. The molecule has 0 fully saturated rings. The first-order valence-electron chi connectivity index (χ1n) is 7.39. The lowest BCUT2D eigenvalue weighted by molar-refractivity contribution is 0.329. The van der Waals surface area contributed by atoms with Gasteiger partial charge in [-0.25, -0.2) is 0 Å². The van der Waals surface area contributed by atoms with Crippen molar-refractivity contribution in [3.63, 3.8) is 0 Å². The summed E-state index contributed by atoms with van der Waals surface area (Å²) in [5.41, 5.74) is 7.32. The van der Waals surface area contributed by atoms with Gasteiger partial charge in [0.25, 0.3) is 0 Å². The molecule has 1 heterocycles. The third-order valence-electron chi connectivity index (χ3n) is 4.03. The zero-order chi connectivity index (χ0) is 14.6. The van der Waals surface area contributed by atoms with E-state index in [1.165, 1.54) is 30.2 Å². The van der Waals surface area contributed by atoms with Gasteiger partial charge in [-0.1, -0.05) is 20.3 Å². The number of nitrogens with zero attached hydrogens (tertiary/aromatic N) is 1. The Hall–Kier alpha value is -1.48. The van der Waals surface area contributed by atoms with Crippen LogP contribution in [0.2, 0.25) is 0 Å². The lowest BCUT2D eigenvalue weighted by Gasteiger charge is -2.21. The Kier molecular flexibility index (Phi) is 4.71. The predicted octanol–water partition coefficient (Wildman–Crippen LogP) is 3.81. The number of ether oxygens (including phenoxy) is 1. The summed E-state index contributed by atoms with van der Waals surface area (Å²) in [6.07, 6.45) is 5.77. The molecule has 0 aliphatic carbocycles. The van der Waals surface area contributed by atoms with Crippen LogP contribution in [0.5, 0.6) is 5.75 Å². The number of rotatable bonds is 7. The van der Waals surface area contributed by atoms with Crippen molar-refractivity contribution in [2.75, 3.05) is 13.7 Å². The van der Waals surface area contributed by atoms with Crippen LogP contribution in [0, 0.1) is 5.41 Å². The highest BCUT2D eigenvalue weighted by atomic mass is 16.5. The predicted molar refractivity (Wildman–Crippen MR) is 85.2 cm³/mol. The van der Waals surface area contributed by atoms with E-state index in [1.807, 2.05) is 6.07 Å². The SMILES string of the molecule is COc1ccc2c(ccn2CCCCC(C)(C)CN)c1. The minimum absolute atomic E-state index is 0.270. The van der Waals surface area contributed by atoms with Crippen LogP contribution in [-0.4, -0.2) is 18.2 Å². The lowest BCUT2D eigenvalue weighted by atomic mass is 9.87. The number of hydrogen-bond acceptors (Lipinski definition) is 2. The van der Waals surface area contributed by atoms with E-state index in [4.69, 9.17) is 10.5 Å². The van der Waals surface area contributed by atoms with Gasteiger partial charge < -0.3 is 15.0 Å². The van der Waals surface area contributed by atoms with Gasteiger partial charge in [0.2, 0.25) is 0 Å². The van der Waals surface area contributed by atoms with Gasteiger partial charge in [0.05, 0.1) is 7.11 Å². The number of nitrogens with two attached hydrogens (primary N) is 1. The first kappa shape index (κ1) is 14.9. The molecule has 0 unspecified atom stereocenters. The monoisotopic (exact) mass is 274 g/mol. The third-order valence-corrected chi connectivity index (χ3v) is 4.03. The maximum atomic E-state index is 5.77. The second-order valence-electron chi connectivity index (χ2n) is 6.26. The molecule has 0 amide bonds. The summed E-state index contributed by atoms with van der Waals surface area (Å²) in [6.45, 7) is 6.31. The number of fused-ring (bicyclic) bond motifs is 1. The standard InChI is InChI=1S/C17H26N2O/c1-17(2,13-18)9-4-5-10-19-11-8-14-12-15(20-3)6-7-16(14)19/h6-8,11-12H,4-5,9-10,13,18H2,1-3H3. The largest absolute Gasteiger partial charge is 0.497 e. The molecule has 0 saturated carbocycles. The van der Waals surface area contributed by atoms with Crippen LogP contribution >= 0.6 is 0 Å². The van der Waals surface area contributed by atoms with Crippen LogP contribution in [0.1, 0.15) is 33.1 Å². The van der Waals surface area contributed by atoms with Crippen LogP contribution < -0.4 is 10.5 Å². The normalized spacial score (nSPS) is 12.0. The molecule has 0 radical (unpaired) electrons. The summed E-state index contributed by atoms with van der Waals surface area (Å²) >= 11 is 0. The van der Waals surface area contributed by atoms with Crippen molar-refractivity contribution in [1.82, 2.24) is 4.57 Å². The average molecular weight is 274 g/mol. The zero-order valence-corrected chi connectivity index (χ0v) is 12.9. The quantitative estimate of drug-likeness (QED) is 0.780. The van der Waals surface area contributed by atoms with Gasteiger partial charge in [-0.05, 0) is 49.1 Å². The summed E-state index contributed by atoms with van der Waals surface area (Å²) in [7, 11) is 1.71. The highest BCUT2D eigenvalue weighted by Gasteiger charge is 2.14. The number of unbranched alkanes of at least 4 members (excludes halogenated alkanes) is 1. The molecule has 110 valence electrons. The van der Waals surface area contributed by atoms with Crippen molar-refractivity contribution in [3.8, 4) is 5.75 Å². The second kappa shape index (κ2) is 6.31. The molecule has 20 heavy (non-hydrogen) atoms. The molecule has 0 bridgehead atoms. The minimum Gasteiger partial charge on any atom is -0.497 e. The fourth-order valence-electron chi connectivity index (χ4n) is 2.49. The highest BCUT2D eigenvalue weighted by Crippen LogP contribution is 2.24. The molecule has 1 aromatic heterocycles. The molecule has 3 heteroatoms. The van der Waals surface area contributed by atoms with Crippen LogP contribution in [0.25, 0.3) is 10.9 Å². The Morgan fingerprint density at radius 2 is 2.00 bits per heavy atom. The van der Waals surface area contributed by atoms with E-state index in [2.05, 4.69) is 42.8 Å². The Balaban J connectivity index is 1.94. The molecule has 0 saturated heterocycles. The number of aryl methyl sites for hydroxylation is 1. The summed E-state index contributed by atoms with van der Waals surface area (Å²) < 4.78 is 7.58. The Bertz CT molecular complexity index is 557.